The highest BCUT2D eigenvalue weighted by Gasteiger charge is 2.40. The molecule has 0 saturated carbocycles. The lowest BCUT2D eigenvalue weighted by Gasteiger charge is -2.15. The quantitative estimate of drug-likeness (QED) is 0.806. The molecule has 0 bridgehead atoms. The van der Waals surface area contributed by atoms with Crippen LogP contribution in [0.5, 0.6) is 0 Å². The zero-order valence-electron chi connectivity index (χ0n) is 12.4. The van der Waals surface area contributed by atoms with Crippen LogP contribution in [0.1, 0.15) is 21.5 Å². The van der Waals surface area contributed by atoms with Gasteiger partial charge in [0.25, 0.3) is 15.9 Å². The van der Waals surface area contributed by atoms with Gasteiger partial charge in [0.15, 0.2) is 0 Å². The van der Waals surface area contributed by atoms with Crippen LogP contribution in [-0.4, -0.2) is 19.3 Å². The van der Waals surface area contributed by atoms with E-state index in [1.165, 1.54) is 17.0 Å². The summed E-state index contributed by atoms with van der Waals surface area (Å²) in [5, 5.41) is 0. The van der Waals surface area contributed by atoms with Crippen LogP contribution in [0.25, 0.3) is 0 Å². The van der Waals surface area contributed by atoms with Crippen molar-refractivity contribution in [2.24, 2.45) is 0 Å². The Morgan fingerprint density at radius 1 is 1.00 bits per heavy atom. The molecule has 1 amide bonds. The van der Waals surface area contributed by atoms with Crippen molar-refractivity contribution in [2.75, 3.05) is 0 Å². The molecule has 140 valence electrons. The van der Waals surface area contributed by atoms with E-state index in [1.54, 1.807) is 0 Å². The molecule has 1 aromatic carbocycles. The van der Waals surface area contributed by atoms with Crippen LogP contribution in [0.15, 0.2) is 47.6 Å². The molecular weight excluding hydrogens is 390 g/mol. The number of benzene rings is 1. The van der Waals surface area contributed by atoms with E-state index in [1.807, 2.05) is 0 Å². The fourth-order valence-electron chi connectivity index (χ4n) is 1.90. The topological polar surface area (TPSA) is 76.1 Å². The van der Waals surface area contributed by atoms with Gasteiger partial charge in [0.1, 0.15) is 4.90 Å². The Labute approximate surface area is 142 Å². The molecule has 1 heterocycles. The van der Waals surface area contributed by atoms with Crippen LogP contribution in [0.3, 0.4) is 0 Å². The van der Waals surface area contributed by atoms with Crippen molar-refractivity contribution < 1.29 is 39.6 Å². The molecule has 0 spiro atoms. The minimum Gasteiger partial charge on any atom is -0.268 e. The summed E-state index contributed by atoms with van der Waals surface area (Å²) in [5.41, 5.74) is -4.80. The van der Waals surface area contributed by atoms with Crippen molar-refractivity contribution in [1.82, 2.24) is 9.71 Å². The molecule has 0 aliphatic carbocycles. The molecule has 12 heteroatoms. The Bertz CT molecular complexity index is 924. The summed E-state index contributed by atoms with van der Waals surface area (Å²) in [4.78, 5) is 15.0. The Morgan fingerprint density at radius 3 is 2.15 bits per heavy atom. The minimum atomic E-state index is -5.31. The Morgan fingerprint density at radius 2 is 1.65 bits per heavy atom. The van der Waals surface area contributed by atoms with Gasteiger partial charge in [-0.05, 0) is 30.3 Å². The molecule has 26 heavy (non-hydrogen) atoms. The van der Waals surface area contributed by atoms with Gasteiger partial charge >= 0.3 is 12.4 Å². The Kier molecular flexibility index (Phi) is 4.99. The van der Waals surface area contributed by atoms with E-state index in [0.717, 1.165) is 12.3 Å². The monoisotopic (exact) mass is 398 g/mol. The number of sulfonamides is 1. The van der Waals surface area contributed by atoms with Crippen molar-refractivity contribution in [3.63, 3.8) is 0 Å². The molecule has 0 saturated heterocycles. The second kappa shape index (κ2) is 6.59. The van der Waals surface area contributed by atoms with Crippen LogP contribution < -0.4 is 4.72 Å². The third kappa shape index (κ3) is 4.31. The molecule has 0 aliphatic rings. The number of nitrogens with zero attached hydrogens (tertiary/aromatic N) is 1. The number of hydrogen-bond donors (Lipinski definition) is 1. The zero-order chi connectivity index (χ0) is 19.8. The van der Waals surface area contributed by atoms with Crippen molar-refractivity contribution >= 4 is 15.9 Å². The molecule has 1 aromatic heterocycles. The molecule has 2 rings (SSSR count). The number of carbonyl (C=O) groups excluding carboxylic acids is 1. The third-order valence-electron chi connectivity index (χ3n) is 3.07. The number of alkyl halides is 6. The normalized spacial score (nSPS) is 12.7. The van der Waals surface area contributed by atoms with E-state index in [-0.39, 0.29) is 18.2 Å². The summed E-state index contributed by atoms with van der Waals surface area (Å²) >= 11 is 0. The van der Waals surface area contributed by atoms with Crippen LogP contribution in [-0.2, 0) is 22.4 Å². The van der Waals surface area contributed by atoms with E-state index >= 15 is 0 Å². The standard InChI is InChI=1S/C14H8F6N2O3S/c15-13(16,17)8-3-4-10(11(6-8)14(18,19)20)12(23)22-26(24,25)9-2-1-5-21-7-9/h1-7H,(H,22,23). The first-order valence-corrected chi connectivity index (χ1v) is 8.06. The maximum atomic E-state index is 13.0. The number of aromatic nitrogens is 1. The van der Waals surface area contributed by atoms with Gasteiger partial charge in [0.05, 0.1) is 16.7 Å². The van der Waals surface area contributed by atoms with Crippen LogP contribution in [0.4, 0.5) is 26.3 Å². The molecule has 2 aromatic rings. The molecule has 0 atom stereocenters. The number of pyridine rings is 1. The highest BCUT2D eigenvalue weighted by atomic mass is 32.2. The summed E-state index contributed by atoms with van der Waals surface area (Å²) in [5.74, 6) is -1.73. The lowest BCUT2D eigenvalue weighted by atomic mass is 10.0. The van der Waals surface area contributed by atoms with Crippen molar-refractivity contribution in [3.8, 4) is 0 Å². The van der Waals surface area contributed by atoms with Gasteiger partial charge < -0.3 is 0 Å². The lowest BCUT2D eigenvalue weighted by molar-refractivity contribution is -0.143. The number of rotatable bonds is 3. The van der Waals surface area contributed by atoms with E-state index in [4.69, 9.17) is 0 Å². The van der Waals surface area contributed by atoms with Gasteiger partial charge in [-0.2, -0.15) is 26.3 Å². The SMILES string of the molecule is O=C(NS(=O)(=O)c1cccnc1)c1ccc(C(F)(F)F)cc1C(F)(F)F. The van der Waals surface area contributed by atoms with E-state index < -0.39 is 49.9 Å². The average Bonchev–Trinajstić information content (AvgIpc) is 2.53. The predicted molar refractivity (Wildman–Crippen MR) is 75.3 cm³/mol. The average molecular weight is 398 g/mol. The molecule has 0 aliphatic heterocycles. The zero-order valence-corrected chi connectivity index (χ0v) is 13.2. The van der Waals surface area contributed by atoms with Crippen molar-refractivity contribution in [1.29, 1.82) is 0 Å². The lowest BCUT2D eigenvalue weighted by Crippen LogP contribution is -2.32. The smallest absolute Gasteiger partial charge is 0.268 e. The second-order valence-corrected chi connectivity index (χ2v) is 6.56. The predicted octanol–water partition coefficient (Wildman–Crippen LogP) is 3.24. The number of hydrogen-bond acceptors (Lipinski definition) is 4. The van der Waals surface area contributed by atoms with Crippen LogP contribution >= 0.6 is 0 Å². The highest BCUT2D eigenvalue weighted by Crippen LogP contribution is 2.37. The maximum Gasteiger partial charge on any atom is 0.417 e. The molecule has 0 radical (unpaired) electrons. The van der Waals surface area contributed by atoms with E-state index in [0.29, 0.717) is 0 Å². The first-order valence-electron chi connectivity index (χ1n) is 6.58. The number of nitrogens with one attached hydrogen (secondary N) is 1. The molecular formula is C14H8F6N2O3S. The van der Waals surface area contributed by atoms with Gasteiger partial charge in [0.2, 0.25) is 0 Å². The van der Waals surface area contributed by atoms with Crippen LogP contribution in [0, 0.1) is 0 Å². The minimum absolute atomic E-state index is 0.251. The van der Waals surface area contributed by atoms with Gasteiger partial charge in [-0.3, -0.25) is 9.78 Å². The molecule has 1 N–H and O–H groups in total. The van der Waals surface area contributed by atoms with Gasteiger partial charge in [-0.15, -0.1) is 0 Å². The van der Waals surface area contributed by atoms with Gasteiger partial charge in [-0.1, -0.05) is 0 Å². The number of amides is 1. The van der Waals surface area contributed by atoms with Gasteiger partial charge in [0, 0.05) is 12.4 Å². The summed E-state index contributed by atoms with van der Waals surface area (Å²) in [6.07, 6.45) is -8.33. The highest BCUT2D eigenvalue weighted by molar-refractivity contribution is 7.90. The number of carbonyl (C=O) groups is 1. The van der Waals surface area contributed by atoms with E-state index in [9.17, 15) is 39.6 Å². The largest absolute Gasteiger partial charge is 0.417 e. The second-order valence-electron chi connectivity index (χ2n) is 4.88. The van der Waals surface area contributed by atoms with Crippen LogP contribution in [0.2, 0.25) is 0 Å². The maximum absolute atomic E-state index is 13.0. The summed E-state index contributed by atoms with van der Waals surface area (Å²) in [7, 11) is -4.56. The fraction of sp³-hybridized carbons (Fsp3) is 0.143. The van der Waals surface area contributed by atoms with Crippen molar-refractivity contribution in [3.05, 3.63) is 59.4 Å². The summed E-state index contributed by atoms with van der Waals surface area (Å²) in [6.45, 7) is 0. The molecule has 5 nitrogen and oxygen atoms in total. The first-order chi connectivity index (χ1) is 11.8. The summed E-state index contributed by atoms with van der Waals surface area (Å²) in [6, 6.07) is 2.49. The third-order valence-corrected chi connectivity index (χ3v) is 4.38. The first kappa shape index (κ1) is 19.7. The van der Waals surface area contributed by atoms with Gasteiger partial charge in [-0.25, -0.2) is 13.1 Å². The Hall–Kier alpha value is -2.63. The Balaban J connectivity index is 2.46. The summed E-state index contributed by atoms with van der Waals surface area (Å²) < 4.78 is 102. The fourth-order valence-corrected chi connectivity index (χ4v) is 2.82. The molecule has 0 unspecified atom stereocenters. The van der Waals surface area contributed by atoms with Crippen molar-refractivity contribution in [2.45, 2.75) is 17.2 Å². The van der Waals surface area contributed by atoms with E-state index in [2.05, 4.69) is 4.98 Å². The number of halogens is 6. The molecule has 0 fully saturated rings.